The van der Waals surface area contributed by atoms with Gasteiger partial charge in [0.05, 0.1) is 11.5 Å². The monoisotopic (exact) mass is 437 g/mol. The normalized spacial score (nSPS) is 13.0. The number of aliphatic hydroxyl groups is 1. The molecule has 0 spiro atoms. The average Bonchev–Trinajstić information content (AvgIpc) is 3.36. The molecule has 0 fully saturated rings. The average molecular weight is 438 g/mol. The SMILES string of the molecule is CC(C)COc1ccc(S(=O)(=O)NCc2ccc(C(O)c3ccsc3)s2)cc1. The number of hydrogen-bond acceptors (Lipinski definition) is 6. The molecule has 2 N–H and O–H groups in total. The van der Waals surface area contributed by atoms with Crippen LogP contribution in [0.2, 0.25) is 0 Å². The summed E-state index contributed by atoms with van der Waals surface area (Å²) in [4.78, 5) is 1.82. The first kappa shape index (κ1) is 21.0. The molecule has 1 unspecified atom stereocenters. The van der Waals surface area contributed by atoms with E-state index in [1.807, 2.05) is 29.0 Å². The Kier molecular flexibility index (Phi) is 6.90. The first-order valence-corrected chi connectivity index (χ1v) is 12.1. The van der Waals surface area contributed by atoms with Crippen LogP contribution in [0.15, 0.2) is 58.1 Å². The number of hydrogen-bond donors (Lipinski definition) is 2. The summed E-state index contributed by atoms with van der Waals surface area (Å²) in [7, 11) is -3.62. The first-order chi connectivity index (χ1) is 13.3. The zero-order valence-corrected chi connectivity index (χ0v) is 18.1. The van der Waals surface area contributed by atoms with Crippen LogP contribution in [0.25, 0.3) is 0 Å². The van der Waals surface area contributed by atoms with E-state index in [-0.39, 0.29) is 11.4 Å². The van der Waals surface area contributed by atoms with E-state index in [0.29, 0.717) is 18.3 Å². The van der Waals surface area contributed by atoms with Crippen LogP contribution in [0.4, 0.5) is 0 Å². The number of ether oxygens (including phenoxy) is 1. The maximum Gasteiger partial charge on any atom is 0.240 e. The van der Waals surface area contributed by atoms with Crippen molar-refractivity contribution in [2.24, 2.45) is 5.92 Å². The van der Waals surface area contributed by atoms with E-state index in [9.17, 15) is 13.5 Å². The fourth-order valence-corrected chi connectivity index (χ4v) is 5.20. The molecular weight excluding hydrogens is 414 g/mol. The van der Waals surface area contributed by atoms with Gasteiger partial charge in [0.25, 0.3) is 0 Å². The van der Waals surface area contributed by atoms with E-state index >= 15 is 0 Å². The van der Waals surface area contributed by atoms with Crippen molar-refractivity contribution in [2.45, 2.75) is 31.4 Å². The standard InChI is InChI=1S/C20H23NO4S3/c1-14(2)12-25-16-3-6-18(7-4-16)28(23,24)21-11-17-5-8-19(27-17)20(22)15-9-10-26-13-15/h3-10,13-14,20-22H,11-12H2,1-2H3. The molecule has 0 bridgehead atoms. The smallest absolute Gasteiger partial charge is 0.240 e. The van der Waals surface area contributed by atoms with Crippen LogP contribution in [0.5, 0.6) is 5.75 Å². The number of rotatable bonds is 9. The van der Waals surface area contributed by atoms with Crippen LogP contribution in [0, 0.1) is 5.92 Å². The van der Waals surface area contributed by atoms with E-state index in [0.717, 1.165) is 15.3 Å². The molecule has 150 valence electrons. The molecule has 3 aromatic rings. The lowest BCUT2D eigenvalue weighted by Gasteiger charge is -2.10. The van der Waals surface area contributed by atoms with Gasteiger partial charge < -0.3 is 9.84 Å². The predicted molar refractivity (Wildman–Crippen MR) is 114 cm³/mol. The van der Waals surface area contributed by atoms with Crippen molar-refractivity contribution in [2.75, 3.05) is 6.61 Å². The van der Waals surface area contributed by atoms with Crippen LogP contribution in [0.3, 0.4) is 0 Å². The van der Waals surface area contributed by atoms with Gasteiger partial charge in [-0.1, -0.05) is 13.8 Å². The molecule has 28 heavy (non-hydrogen) atoms. The van der Waals surface area contributed by atoms with Gasteiger partial charge in [0.2, 0.25) is 10.0 Å². The molecule has 0 aliphatic rings. The van der Waals surface area contributed by atoms with Crippen molar-refractivity contribution >= 4 is 32.7 Å². The highest BCUT2D eigenvalue weighted by atomic mass is 32.2. The fourth-order valence-electron chi connectivity index (χ4n) is 2.46. The summed E-state index contributed by atoms with van der Waals surface area (Å²) in [6.07, 6.45) is -0.681. The Morgan fingerprint density at radius 1 is 1.11 bits per heavy atom. The van der Waals surface area contributed by atoms with Crippen molar-refractivity contribution < 1.29 is 18.3 Å². The van der Waals surface area contributed by atoms with Crippen molar-refractivity contribution in [1.29, 1.82) is 0 Å². The number of nitrogens with one attached hydrogen (secondary N) is 1. The highest BCUT2D eigenvalue weighted by Crippen LogP contribution is 2.29. The highest BCUT2D eigenvalue weighted by Gasteiger charge is 2.17. The molecule has 0 saturated carbocycles. The van der Waals surface area contributed by atoms with Crippen molar-refractivity contribution in [1.82, 2.24) is 4.72 Å². The Morgan fingerprint density at radius 3 is 2.50 bits per heavy atom. The molecule has 0 aliphatic carbocycles. The molecule has 2 aromatic heterocycles. The van der Waals surface area contributed by atoms with Crippen molar-refractivity contribution in [3.8, 4) is 5.75 Å². The predicted octanol–water partition coefficient (Wildman–Crippen LogP) is 4.40. The molecule has 1 atom stereocenters. The maximum absolute atomic E-state index is 12.5. The van der Waals surface area contributed by atoms with E-state index in [1.165, 1.54) is 34.8 Å². The van der Waals surface area contributed by atoms with Crippen LogP contribution < -0.4 is 9.46 Å². The second kappa shape index (κ2) is 9.19. The summed E-state index contributed by atoms with van der Waals surface area (Å²) in [5.41, 5.74) is 0.846. The minimum Gasteiger partial charge on any atom is -0.493 e. The molecule has 0 saturated heterocycles. The summed E-state index contributed by atoms with van der Waals surface area (Å²) in [6.45, 7) is 4.87. The lowest BCUT2D eigenvalue weighted by atomic mass is 10.2. The number of benzene rings is 1. The Hall–Kier alpha value is -1.71. The summed E-state index contributed by atoms with van der Waals surface area (Å²) in [5.74, 6) is 1.05. The lowest BCUT2D eigenvalue weighted by Crippen LogP contribution is -2.22. The number of sulfonamides is 1. The molecule has 0 aliphatic heterocycles. The quantitative estimate of drug-likeness (QED) is 0.520. The van der Waals surface area contributed by atoms with Crippen LogP contribution >= 0.6 is 22.7 Å². The summed E-state index contributed by atoms with van der Waals surface area (Å²) < 4.78 is 33.2. The van der Waals surface area contributed by atoms with Gasteiger partial charge >= 0.3 is 0 Å². The summed E-state index contributed by atoms with van der Waals surface area (Å²) in [6, 6.07) is 12.0. The lowest BCUT2D eigenvalue weighted by molar-refractivity contribution is 0.224. The van der Waals surface area contributed by atoms with Crippen molar-refractivity contribution in [3.05, 3.63) is 68.5 Å². The summed E-state index contributed by atoms with van der Waals surface area (Å²) >= 11 is 2.92. The van der Waals surface area contributed by atoms with E-state index in [2.05, 4.69) is 18.6 Å². The Balaban J connectivity index is 1.60. The van der Waals surface area contributed by atoms with Gasteiger partial charge in [0, 0.05) is 16.3 Å². The number of thiophene rings is 2. The van der Waals surface area contributed by atoms with Crippen molar-refractivity contribution in [3.63, 3.8) is 0 Å². The Morgan fingerprint density at radius 2 is 1.86 bits per heavy atom. The molecular formula is C20H23NO4S3. The van der Waals surface area contributed by atoms with Gasteiger partial charge in [-0.05, 0) is 64.7 Å². The van der Waals surface area contributed by atoms with E-state index in [1.54, 1.807) is 12.1 Å². The number of aliphatic hydroxyl groups excluding tert-OH is 1. The third-order valence-electron chi connectivity index (χ3n) is 3.96. The third-order valence-corrected chi connectivity index (χ3v) is 7.22. The largest absolute Gasteiger partial charge is 0.493 e. The van der Waals surface area contributed by atoms with Crippen LogP contribution in [-0.4, -0.2) is 20.1 Å². The molecule has 5 nitrogen and oxygen atoms in total. The second-order valence-corrected chi connectivity index (χ2v) is 10.5. The molecule has 3 rings (SSSR count). The molecule has 2 heterocycles. The van der Waals surface area contributed by atoms with Gasteiger partial charge in [0.1, 0.15) is 11.9 Å². The van der Waals surface area contributed by atoms with Gasteiger partial charge in [-0.15, -0.1) is 11.3 Å². The first-order valence-electron chi connectivity index (χ1n) is 8.86. The molecule has 0 radical (unpaired) electrons. The van der Waals surface area contributed by atoms with Crippen LogP contribution in [0.1, 0.15) is 35.3 Å². The van der Waals surface area contributed by atoms with Gasteiger partial charge in [-0.25, -0.2) is 13.1 Å². The molecule has 8 heteroatoms. The van der Waals surface area contributed by atoms with E-state index < -0.39 is 16.1 Å². The fraction of sp³-hybridized carbons (Fsp3) is 0.300. The Bertz CT molecular complexity index is 977. The molecule has 1 aromatic carbocycles. The topological polar surface area (TPSA) is 75.6 Å². The minimum atomic E-state index is -3.62. The highest BCUT2D eigenvalue weighted by molar-refractivity contribution is 7.89. The summed E-state index contributed by atoms with van der Waals surface area (Å²) in [5, 5.41) is 14.2. The minimum absolute atomic E-state index is 0.176. The van der Waals surface area contributed by atoms with Crippen LogP contribution in [-0.2, 0) is 16.6 Å². The molecule has 0 amide bonds. The Labute approximate surface area is 173 Å². The zero-order valence-electron chi connectivity index (χ0n) is 15.7. The zero-order chi connectivity index (χ0) is 20.1. The van der Waals surface area contributed by atoms with Gasteiger partial charge in [-0.3, -0.25) is 0 Å². The van der Waals surface area contributed by atoms with E-state index in [4.69, 9.17) is 4.74 Å². The van der Waals surface area contributed by atoms with Gasteiger partial charge in [-0.2, -0.15) is 11.3 Å². The van der Waals surface area contributed by atoms with Gasteiger partial charge in [0.15, 0.2) is 0 Å². The maximum atomic E-state index is 12.5. The second-order valence-electron chi connectivity index (χ2n) is 6.76. The third kappa shape index (κ3) is 5.42.